The van der Waals surface area contributed by atoms with Gasteiger partial charge in [-0.2, -0.15) is 0 Å². The van der Waals surface area contributed by atoms with Gasteiger partial charge in [-0.25, -0.2) is 4.79 Å². The normalized spacial score (nSPS) is 10.7. The van der Waals surface area contributed by atoms with Crippen LogP contribution in [0.5, 0.6) is 5.75 Å². The van der Waals surface area contributed by atoms with Crippen molar-refractivity contribution in [1.29, 1.82) is 0 Å². The summed E-state index contributed by atoms with van der Waals surface area (Å²) in [6.45, 7) is 0.181. The molecule has 0 spiro atoms. The van der Waals surface area contributed by atoms with Gasteiger partial charge in [-0.05, 0) is 12.1 Å². The van der Waals surface area contributed by atoms with Crippen molar-refractivity contribution in [3.8, 4) is 5.75 Å². The first-order valence-corrected chi connectivity index (χ1v) is 6.40. The second-order valence-corrected chi connectivity index (χ2v) is 4.57. The van der Waals surface area contributed by atoms with Crippen molar-refractivity contribution in [3.63, 3.8) is 0 Å². The molecule has 1 rings (SSSR count). The molecule has 0 aliphatic carbocycles. The van der Waals surface area contributed by atoms with Crippen LogP contribution in [-0.4, -0.2) is 26.8 Å². The average molecular weight is 317 g/mol. The first-order chi connectivity index (χ1) is 9.60. The van der Waals surface area contributed by atoms with E-state index in [1.165, 1.54) is 26.6 Å². The minimum absolute atomic E-state index is 0.114. The number of benzene rings is 1. The molecule has 0 N–H and O–H groups in total. The number of esters is 1. The number of hydrogen-bond donors (Lipinski definition) is 0. The molecular weight excluding hydrogens is 303 g/mol. The zero-order valence-corrected chi connectivity index (χ0v) is 12.6. The quantitative estimate of drug-likeness (QED) is 0.457. The molecule has 0 saturated carbocycles. The lowest BCUT2D eigenvalue weighted by Crippen LogP contribution is -2.06. The van der Waals surface area contributed by atoms with Crippen LogP contribution in [0.1, 0.15) is 5.56 Å². The smallest absolute Gasteiger partial charge is 0.341 e. The van der Waals surface area contributed by atoms with E-state index in [2.05, 4.69) is 0 Å². The molecule has 1 aromatic carbocycles. The number of hydrogen-bond acceptors (Lipinski definition) is 4. The van der Waals surface area contributed by atoms with Crippen LogP contribution in [0.4, 0.5) is 0 Å². The Balaban J connectivity index is 3.07. The summed E-state index contributed by atoms with van der Waals surface area (Å²) in [6, 6.07) is 7.01. The van der Waals surface area contributed by atoms with E-state index >= 15 is 0 Å². The number of halogens is 2. The standard InChI is InChI=1S/C14H14Cl2O4/c1-18-9-11(14(17)19-2)10-5-3-4-6-12(10)20-8-7-13(15)16/h3-7,9H,8H2,1-2H3. The summed E-state index contributed by atoms with van der Waals surface area (Å²) in [7, 11) is 2.74. The second kappa shape index (κ2) is 8.51. The third-order valence-corrected chi connectivity index (χ3v) is 2.60. The van der Waals surface area contributed by atoms with Crippen molar-refractivity contribution in [1.82, 2.24) is 0 Å². The SMILES string of the molecule is COC=C(C(=O)OC)c1ccccc1OCC=C(Cl)Cl. The molecule has 0 fully saturated rings. The molecule has 0 aromatic heterocycles. The lowest BCUT2D eigenvalue weighted by Gasteiger charge is -2.11. The lowest BCUT2D eigenvalue weighted by molar-refractivity contribution is -0.133. The van der Waals surface area contributed by atoms with Crippen LogP contribution >= 0.6 is 23.2 Å². The van der Waals surface area contributed by atoms with E-state index in [1.807, 2.05) is 0 Å². The number of ether oxygens (including phenoxy) is 3. The second-order valence-electron chi connectivity index (χ2n) is 3.56. The number of para-hydroxylation sites is 1. The van der Waals surface area contributed by atoms with Crippen LogP contribution in [0.15, 0.2) is 41.1 Å². The summed E-state index contributed by atoms with van der Waals surface area (Å²) in [5.41, 5.74) is 0.812. The van der Waals surface area contributed by atoms with E-state index in [0.717, 1.165) is 0 Å². The van der Waals surface area contributed by atoms with Crippen molar-refractivity contribution >= 4 is 34.7 Å². The van der Waals surface area contributed by atoms with Gasteiger partial charge in [0, 0.05) is 5.56 Å². The Kier molecular flexibility index (Phi) is 6.98. The molecule has 0 atom stereocenters. The van der Waals surface area contributed by atoms with Crippen LogP contribution in [0.2, 0.25) is 0 Å². The van der Waals surface area contributed by atoms with Gasteiger partial charge in [0.25, 0.3) is 0 Å². The van der Waals surface area contributed by atoms with Gasteiger partial charge in [-0.1, -0.05) is 41.4 Å². The third-order valence-electron chi connectivity index (χ3n) is 2.29. The fraction of sp³-hybridized carbons (Fsp3) is 0.214. The zero-order valence-electron chi connectivity index (χ0n) is 11.1. The molecule has 0 aliphatic rings. The van der Waals surface area contributed by atoms with Crippen molar-refractivity contribution < 1.29 is 19.0 Å². The maximum atomic E-state index is 11.8. The van der Waals surface area contributed by atoms with Crippen LogP contribution in [0, 0.1) is 0 Å². The Labute approximate surface area is 127 Å². The Bertz CT molecular complexity index is 520. The summed E-state index contributed by atoms with van der Waals surface area (Å²) in [5.74, 6) is -0.0270. The Hall–Kier alpha value is -1.65. The molecule has 20 heavy (non-hydrogen) atoms. The van der Waals surface area contributed by atoms with Crippen LogP contribution in [0.25, 0.3) is 5.57 Å². The van der Waals surface area contributed by atoms with Crippen molar-refractivity contribution in [2.45, 2.75) is 0 Å². The fourth-order valence-electron chi connectivity index (χ4n) is 1.46. The number of methoxy groups -OCH3 is 2. The van der Waals surface area contributed by atoms with E-state index in [4.69, 9.17) is 37.4 Å². The molecule has 108 valence electrons. The number of rotatable bonds is 6. The Morgan fingerprint density at radius 2 is 1.95 bits per heavy atom. The van der Waals surface area contributed by atoms with Crippen LogP contribution < -0.4 is 4.74 Å². The minimum Gasteiger partial charge on any atom is -0.503 e. The molecule has 0 radical (unpaired) electrons. The van der Waals surface area contributed by atoms with E-state index in [0.29, 0.717) is 11.3 Å². The molecule has 0 unspecified atom stereocenters. The topological polar surface area (TPSA) is 44.8 Å². The fourth-order valence-corrected chi connectivity index (χ4v) is 1.58. The summed E-state index contributed by atoms with van der Waals surface area (Å²) >= 11 is 11.0. The predicted molar refractivity (Wildman–Crippen MR) is 78.7 cm³/mol. The first-order valence-electron chi connectivity index (χ1n) is 5.64. The molecule has 0 amide bonds. The lowest BCUT2D eigenvalue weighted by atomic mass is 10.1. The predicted octanol–water partition coefficient (Wildman–Crippen LogP) is 3.54. The van der Waals surface area contributed by atoms with Crippen molar-refractivity contribution in [2.75, 3.05) is 20.8 Å². The van der Waals surface area contributed by atoms with Gasteiger partial charge in [-0.15, -0.1) is 0 Å². The summed E-state index contributed by atoms with van der Waals surface area (Å²) in [4.78, 5) is 11.8. The summed E-state index contributed by atoms with van der Waals surface area (Å²) in [5, 5.41) is 0. The number of carbonyl (C=O) groups excluding carboxylic acids is 1. The molecule has 0 saturated heterocycles. The van der Waals surface area contributed by atoms with E-state index in [1.54, 1.807) is 24.3 Å². The molecular formula is C14H14Cl2O4. The van der Waals surface area contributed by atoms with Gasteiger partial charge in [0.2, 0.25) is 0 Å². The Morgan fingerprint density at radius 1 is 1.25 bits per heavy atom. The zero-order chi connectivity index (χ0) is 15.0. The summed E-state index contributed by atoms with van der Waals surface area (Å²) in [6.07, 6.45) is 2.80. The van der Waals surface area contributed by atoms with Crippen LogP contribution in [0.3, 0.4) is 0 Å². The van der Waals surface area contributed by atoms with Gasteiger partial charge in [0.1, 0.15) is 22.4 Å². The van der Waals surface area contributed by atoms with E-state index in [-0.39, 0.29) is 16.7 Å². The Morgan fingerprint density at radius 3 is 2.55 bits per heavy atom. The molecule has 0 heterocycles. The van der Waals surface area contributed by atoms with Crippen molar-refractivity contribution in [2.24, 2.45) is 0 Å². The molecule has 6 heteroatoms. The molecule has 4 nitrogen and oxygen atoms in total. The molecule has 1 aromatic rings. The number of carbonyl (C=O) groups is 1. The first kappa shape index (κ1) is 16.4. The van der Waals surface area contributed by atoms with Gasteiger partial charge >= 0.3 is 5.97 Å². The van der Waals surface area contributed by atoms with Gasteiger partial charge < -0.3 is 14.2 Å². The molecule has 0 bridgehead atoms. The third kappa shape index (κ3) is 4.79. The largest absolute Gasteiger partial charge is 0.503 e. The summed E-state index contributed by atoms with van der Waals surface area (Å²) < 4.78 is 15.3. The van der Waals surface area contributed by atoms with Gasteiger partial charge in [0.15, 0.2) is 0 Å². The highest BCUT2D eigenvalue weighted by molar-refractivity contribution is 6.55. The highest BCUT2D eigenvalue weighted by Gasteiger charge is 2.17. The van der Waals surface area contributed by atoms with Crippen molar-refractivity contribution in [3.05, 3.63) is 46.7 Å². The molecule has 0 aliphatic heterocycles. The highest BCUT2D eigenvalue weighted by atomic mass is 35.5. The van der Waals surface area contributed by atoms with Crippen LogP contribution in [-0.2, 0) is 14.3 Å². The maximum Gasteiger partial charge on any atom is 0.341 e. The monoisotopic (exact) mass is 316 g/mol. The average Bonchev–Trinajstić information content (AvgIpc) is 2.44. The van der Waals surface area contributed by atoms with Gasteiger partial charge in [0.05, 0.1) is 20.5 Å². The maximum absolute atomic E-state index is 11.8. The highest BCUT2D eigenvalue weighted by Crippen LogP contribution is 2.27. The van der Waals surface area contributed by atoms with E-state index < -0.39 is 5.97 Å². The van der Waals surface area contributed by atoms with E-state index in [9.17, 15) is 4.79 Å². The minimum atomic E-state index is -0.520. The van der Waals surface area contributed by atoms with Gasteiger partial charge in [-0.3, -0.25) is 0 Å².